The second-order valence-electron chi connectivity index (χ2n) is 12.2. The molecule has 10 nitrogen and oxygen atoms in total. The number of ether oxygens (including phenoxy) is 3. The molecule has 0 radical (unpaired) electrons. The van der Waals surface area contributed by atoms with Crippen LogP contribution in [0.25, 0.3) is 27.7 Å². The van der Waals surface area contributed by atoms with Crippen molar-refractivity contribution in [3.63, 3.8) is 0 Å². The molecule has 0 spiro atoms. The van der Waals surface area contributed by atoms with Crippen LogP contribution in [0.4, 0.5) is 16.3 Å². The number of amides is 1. The lowest BCUT2D eigenvalue weighted by Crippen LogP contribution is -2.38. The average molecular weight is 642 g/mol. The van der Waals surface area contributed by atoms with E-state index in [0.29, 0.717) is 58.7 Å². The van der Waals surface area contributed by atoms with Gasteiger partial charge in [-0.15, -0.1) is 0 Å². The summed E-state index contributed by atoms with van der Waals surface area (Å²) in [6.45, 7) is 11.6. The first-order valence-electron chi connectivity index (χ1n) is 15.2. The van der Waals surface area contributed by atoms with Gasteiger partial charge in [0.1, 0.15) is 29.8 Å². The Hall–Kier alpha value is -4.51. The molecule has 0 saturated carbocycles. The van der Waals surface area contributed by atoms with Crippen LogP contribution in [0.2, 0.25) is 5.02 Å². The van der Waals surface area contributed by atoms with E-state index in [1.807, 2.05) is 68.5 Å². The van der Waals surface area contributed by atoms with Crippen LogP contribution in [0.15, 0.2) is 67.1 Å². The number of hydrogen-bond donors (Lipinski definition) is 0. The van der Waals surface area contributed by atoms with Crippen molar-refractivity contribution in [2.75, 3.05) is 44.4 Å². The number of hydrogen-bond acceptors (Lipinski definition) is 8. The van der Waals surface area contributed by atoms with E-state index in [-0.39, 0.29) is 0 Å². The summed E-state index contributed by atoms with van der Waals surface area (Å²) in [6, 6.07) is 16.7. The normalized spacial score (nSPS) is 14.0. The van der Waals surface area contributed by atoms with Gasteiger partial charge in [-0.1, -0.05) is 48.0 Å². The van der Waals surface area contributed by atoms with Crippen molar-refractivity contribution in [3.05, 3.63) is 83.3 Å². The number of fused-ring (bicyclic) bond motifs is 3. The number of imidazole rings is 1. The molecule has 238 valence electrons. The Morgan fingerprint density at radius 2 is 1.85 bits per heavy atom. The minimum Gasteiger partial charge on any atom is -0.492 e. The molecular formula is C35H36ClN5O5. The molecule has 2 aromatic heterocycles. The lowest BCUT2D eigenvalue weighted by atomic mass is 10.0. The van der Waals surface area contributed by atoms with Crippen LogP contribution in [-0.2, 0) is 9.47 Å². The Morgan fingerprint density at radius 3 is 2.54 bits per heavy atom. The summed E-state index contributed by atoms with van der Waals surface area (Å²) in [5.74, 6) is 0.938. The maximum atomic E-state index is 13.9. The van der Waals surface area contributed by atoms with Crippen molar-refractivity contribution < 1.29 is 23.8 Å². The predicted octanol–water partition coefficient (Wildman–Crippen LogP) is 7.11. The number of benzene rings is 3. The van der Waals surface area contributed by atoms with Gasteiger partial charge in [-0.2, -0.15) is 0 Å². The quantitative estimate of drug-likeness (QED) is 0.165. The molecule has 1 saturated heterocycles. The Morgan fingerprint density at radius 1 is 1.09 bits per heavy atom. The van der Waals surface area contributed by atoms with E-state index in [1.165, 1.54) is 4.90 Å². The Labute approximate surface area is 272 Å². The minimum absolute atomic E-state index is 0.317. The highest BCUT2D eigenvalue weighted by atomic mass is 35.5. The number of rotatable bonds is 8. The first kappa shape index (κ1) is 31.5. The van der Waals surface area contributed by atoms with E-state index >= 15 is 0 Å². The van der Waals surface area contributed by atoms with Gasteiger partial charge in [0.15, 0.2) is 5.82 Å². The fourth-order valence-corrected chi connectivity index (χ4v) is 5.83. The Bertz CT molecular complexity index is 1870. The van der Waals surface area contributed by atoms with Gasteiger partial charge in [-0.3, -0.25) is 14.1 Å². The summed E-state index contributed by atoms with van der Waals surface area (Å²) in [6.07, 6.45) is 3.55. The van der Waals surface area contributed by atoms with Crippen LogP contribution >= 0.6 is 11.6 Å². The van der Waals surface area contributed by atoms with E-state index in [4.69, 9.17) is 30.8 Å². The summed E-state index contributed by atoms with van der Waals surface area (Å²) in [4.78, 5) is 38.5. The standard InChI is InChI=1S/C35H36ClN5O5/c1-23-6-5-7-27(36)32(23)41(34(43)46-35(2,3)4)33-30-20-37-22-40(30)29-18-26(25-10-8-24(21-42)9-11-25)31(19-28(29)38-33)45-17-14-39-12-15-44-16-13-39/h5-11,18-22H,12-17H2,1-4H3. The summed E-state index contributed by atoms with van der Waals surface area (Å²) < 4.78 is 19.7. The predicted molar refractivity (Wildman–Crippen MR) is 179 cm³/mol. The smallest absolute Gasteiger partial charge is 0.420 e. The Kier molecular flexibility index (Phi) is 8.95. The highest BCUT2D eigenvalue weighted by Crippen LogP contribution is 2.40. The largest absolute Gasteiger partial charge is 0.492 e. The second kappa shape index (κ2) is 13.1. The van der Waals surface area contributed by atoms with Crippen molar-refractivity contribution in [2.24, 2.45) is 0 Å². The van der Waals surface area contributed by atoms with Crippen molar-refractivity contribution in [1.29, 1.82) is 0 Å². The molecule has 46 heavy (non-hydrogen) atoms. The molecule has 1 aliphatic heterocycles. The van der Waals surface area contributed by atoms with Gasteiger partial charge in [-0.25, -0.2) is 19.7 Å². The summed E-state index contributed by atoms with van der Waals surface area (Å²) in [5.41, 5.74) is 4.70. The molecule has 3 aromatic carbocycles. The van der Waals surface area contributed by atoms with Gasteiger partial charge in [0.05, 0.1) is 47.5 Å². The number of aromatic nitrogens is 3. The van der Waals surface area contributed by atoms with Gasteiger partial charge in [-0.05, 0) is 51.0 Å². The van der Waals surface area contributed by atoms with E-state index in [9.17, 15) is 9.59 Å². The fraction of sp³-hybridized carbons (Fsp3) is 0.314. The monoisotopic (exact) mass is 641 g/mol. The third-order valence-corrected chi connectivity index (χ3v) is 8.06. The van der Waals surface area contributed by atoms with Gasteiger partial charge in [0.2, 0.25) is 0 Å². The summed E-state index contributed by atoms with van der Waals surface area (Å²) in [7, 11) is 0. The maximum Gasteiger partial charge on any atom is 0.420 e. The van der Waals surface area contributed by atoms with Crippen LogP contribution in [0.3, 0.4) is 0 Å². The van der Waals surface area contributed by atoms with Crippen molar-refractivity contribution >= 4 is 52.0 Å². The molecule has 6 rings (SSSR count). The van der Waals surface area contributed by atoms with Crippen molar-refractivity contribution in [1.82, 2.24) is 19.3 Å². The zero-order chi connectivity index (χ0) is 32.4. The number of nitrogens with zero attached hydrogens (tertiary/aromatic N) is 5. The highest BCUT2D eigenvalue weighted by Gasteiger charge is 2.31. The molecule has 5 aromatic rings. The number of carbonyl (C=O) groups is 2. The van der Waals surface area contributed by atoms with E-state index < -0.39 is 11.7 Å². The molecule has 0 N–H and O–H groups in total. The van der Waals surface area contributed by atoms with E-state index in [1.54, 1.807) is 30.7 Å². The summed E-state index contributed by atoms with van der Waals surface area (Å²) >= 11 is 6.74. The number of carbonyl (C=O) groups excluding carboxylic acids is 2. The van der Waals surface area contributed by atoms with E-state index in [2.05, 4.69) is 9.88 Å². The lowest BCUT2D eigenvalue weighted by molar-refractivity contribution is 0.0323. The third-order valence-electron chi connectivity index (χ3n) is 7.76. The molecule has 0 atom stereocenters. The zero-order valence-corrected chi connectivity index (χ0v) is 27.1. The van der Waals surface area contributed by atoms with Crippen LogP contribution in [0, 0.1) is 6.92 Å². The van der Waals surface area contributed by atoms with Gasteiger partial charge in [0.25, 0.3) is 0 Å². The lowest BCUT2D eigenvalue weighted by Gasteiger charge is -2.29. The molecule has 3 heterocycles. The van der Waals surface area contributed by atoms with Crippen molar-refractivity contribution in [2.45, 2.75) is 33.3 Å². The van der Waals surface area contributed by atoms with Gasteiger partial charge >= 0.3 is 6.09 Å². The molecule has 0 unspecified atom stereocenters. The number of para-hydroxylation sites is 1. The molecule has 11 heteroatoms. The number of aldehydes is 1. The van der Waals surface area contributed by atoms with E-state index in [0.717, 1.165) is 48.1 Å². The molecule has 1 amide bonds. The minimum atomic E-state index is -0.770. The molecule has 0 bridgehead atoms. The molecule has 1 aliphatic rings. The Balaban J connectivity index is 1.52. The van der Waals surface area contributed by atoms with Gasteiger partial charge < -0.3 is 14.2 Å². The number of aryl methyl sites for hydroxylation is 1. The van der Waals surface area contributed by atoms with Gasteiger partial charge in [0, 0.05) is 36.8 Å². The number of morpholine rings is 1. The zero-order valence-electron chi connectivity index (χ0n) is 26.3. The molecule has 0 aliphatic carbocycles. The molecule has 1 fully saturated rings. The number of anilines is 2. The van der Waals surface area contributed by atoms with Crippen LogP contribution in [-0.4, -0.2) is 76.7 Å². The third kappa shape index (κ3) is 6.55. The number of halogens is 1. The van der Waals surface area contributed by atoms with Crippen LogP contribution < -0.4 is 9.64 Å². The topological polar surface area (TPSA) is 98.5 Å². The second-order valence-corrected chi connectivity index (χ2v) is 12.6. The molecular weight excluding hydrogens is 606 g/mol. The average Bonchev–Trinajstić information content (AvgIpc) is 3.53. The van der Waals surface area contributed by atoms with Crippen LogP contribution in [0.5, 0.6) is 5.75 Å². The first-order valence-corrected chi connectivity index (χ1v) is 15.6. The maximum absolute atomic E-state index is 13.9. The summed E-state index contributed by atoms with van der Waals surface area (Å²) in [5, 5.41) is 0.381. The van der Waals surface area contributed by atoms with Crippen LogP contribution in [0.1, 0.15) is 36.7 Å². The highest BCUT2D eigenvalue weighted by molar-refractivity contribution is 6.34. The van der Waals surface area contributed by atoms with Crippen molar-refractivity contribution in [3.8, 4) is 16.9 Å². The first-order chi connectivity index (χ1) is 22.1. The fourth-order valence-electron chi connectivity index (χ4n) is 5.52. The SMILES string of the molecule is Cc1cccc(Cl)c1N(C(=O)OC(C)(C)C)c1nc2cc(OCCN3CCOCC3)c(-c3ccc(C=O)cc3)cc2n2cncc12.